The van der Waals surface area contributed by atoms with Crippen molar-refractivity contribution in [1.29, 1.82) is 0 Å². The molecule has 0 aromatic carbocycles. The topological polar surface area (TPSA) is 51.2 Å². The number of carbonyl (C=O) groups is 3. The Balaban J connectivity index is 7.05. The van der Waals surface area contributed by atoms with Crippen LogP contribution in [0.4, 0.5) is 0 Å². The van der Waals surface area contributed by atoms with E-state index in [1.54, 1.807) is 0 Å². The molecule has 0 unspecified atom stereocenters. The summed E-state index contributed by atoms with van der Waals surface area (Å²) in [4.78, 5) is 37.6. The molecule has 0 aliphatic rings. The predicted molar refractivity (Wildman–Crippen MR) is 100 cm³/mol. The van der Waals surface area contributed by atoms with Crippen molar-refractivity contribution >= 4 is 27.5 Å². The van der Waals surface area contributed by atoms with Crippen LogP contribution in [0.25, 0.3) is 0 Å². The zero-order valence-electron chi connectivity index (χ0n) is 14.6. The monoisotopic (exact) mass is 381 g/mol. The molecule has 0 atom stereocenters. The van der Waals surface area contributed by atoms with E-state index in [1.807, 2.05) is 0 Å². The second-order valence-corrected chi connectivity index (χ2v) is 33.5. The molecule has 0 aromatic rings. The van der Waals surface area contributed by atoms with E-state index in [0.717, 1.165) is 52.5 Å². The summed E-state index contributed by atoms with van der Waals surface area (Å²) in [6.45, 7) is 12.6. The Morgan fingerprint density at radius 2 is 0.762 bits per heavy atom. The molecule has 0 aromatic heterocycles. The van der Waals surface area contributed by atoms with E-state index >= 15 is 0 Å². The third-order valence-corrected chi connectivity index (χ3v) is 52.5. The van der Waals surface area contributed by atoms with Crippen LogP contribution >= 0.6 is 11.9 Å². The molecule has 21 heavy (non-hydrogen) atoms. The van der Waals surface area contributed by atoms with E-state index < -0.39 is 22.8 Å². The summed E-state index contributed by atoms with van der Waals surface area (Å²) in [6, 6.07) is 0. The van der Waals surface area contributed by atoms with Crippen LogP contribution in [0.3, 0.4) is 0 Å². The van der Waals surface area contributed by atoms with Gasteiger partial charge >= 0.3 is 131 Å². The molecular weight excluding hydrogens is 346 g/mol. The van der Waals surface area contributed by atoms with Gasteiger partial charge in [0.25, 0.3) is 0 Å². The molecule has 0 rings (SSSR count). The first kappa shape index (κ1) is 21.4. The van der Waals surface area contributed by atoms with Gasteiger partial charge in [0.2, 0.25) is 0 Å². The Kier molecular flexibility index (Phi) is 7.92. The molecule has 0 amide bonds. The number of hydrogen-bond donors (Lipinski definition) is 0. The Labute approximate surface area is 131 Å². The molecule has 3 nitrogen and oxygen atoms in total. The van der Waals surface area contributed by atoms with E-state index in [9.17, 15) is 14.4 Å². The summed E-state index contributed by atoms with van der Waals surface area (Å²) in [6.07, 6.45) is 5.21. The average Bonchev–Trinajstić information content (AvgIpc) is 2.56. The van der Waals surface area contributed by atoms with Crippen LogP contribution in [0.2, 0.25) is 0 Å². The SMILES string of the molecule is CC[PH](CC)(CC)[Fe]([CH]=O)([CH]=O)([CH]=O)[PH](CC)(CC)CC. The van der Waals surface area contributed by atoms with E-state index in [-0.39, 0.29) is 0 Å². The van der Waals surface area contributed by atoms with Gasteiger partial charge in [0.05, 0.1) is 0 Å². The molecule has 0 heterocycles. The third-order valence-electron chi connectivity index (χ3n) is 5.96. The number of rotatable bonds is 11. The maximum atomic E-state index is 12.5. The van der Waals surface area contributed by atoms with Gasteiger partial charge in [-0.15, -0.1) is 0 Å². The molecule has 0 bridgehead atoms. The van der Waals surface area contributed by atoms with Crippen LogP contribution in [0, 0.1) is 0 Å². The summed E-state index contributed by atoms with van der Waals surface area (Å²) < 4.78 is 0. The second kappa shape index (κ2) is 7.78. The van der Waals surface area contributed by atoms with Crippen molar-refractivity contribution in [2.45, 2.75) is 41.5 Å². The van der Waals surface area contributed by atoms with Crippen LogP contribution in [0.1, 0.15) is 41.5 Å². The zero-order chi connectivity index (χ0) is 16.8. The van der Waals surface area contributed by atoms with Gasteiger partial charge in [-0.3, -0.25) is 0 Å². The van der Waals surface area contributed by atoms with E-state index in [0.29, 0.717) is 0 Å². The summed E-state index contributed by atoms with van der Waals surface area (Å²) in [5.74, 6) is -4.49. The van der Waals surface area contributed by atoms with Crippen molar-refractivity contribution in [2.75, 3.05) is 37.0 Å². The van der Waals surface area contributed by atoms with E-state index in [4.69, 9.17) is 0 Å². The molecule has 0 saturated carbocycles. The average molecular weight is 381 g/mol. The fraction of sp³-hybridized carbons (Fsp3) is 0.800. The normalized spacial score (nSPS) is 16.6. The molecule has 0 fully saturated rings. The van der Waals surface area contributed by atoms with Crippen molar-refractivity contribution in [3.63, 3.8) is 0 Å². The van der Waals surface area contributed by atoms with E-state index in [1.165, 1.54) is 0 Å². The molecule has 0 N–H and O–H groups in total. The zero-order valence-corrected chi connectivity index (χ0v) is 17.7. The molecule has 131 valence electrons. The molecule has 0 saturated heterocycles. The van der Waals surface area contributed by atoms with Crippen LogP contribution in [0.15, 0.2) is 0 Å². The van der Waals surface area contributed by atoms with Crippen molar-refractivity contribution in [2.24, 2.45) is 0 Å². The summed E-state index contributed by atoms with van der Waals surface area (Å²) in [7, 11) is -3.76. The van der Waals surface area contributed by atoms with Gasteiger partial charge < -0.3 is 0 Å². The summed E-state index contributed by atoms with van der Waals surface area (Å²) in [5, 5.41) is 2.86. The van der Waals surface area contributed by atoms with Gasteiger partial charge in [-0.05, 0) is 0 Å². The molecule has 0 radical (unpaired) electrons. The molecule has 6 heteroatoms. The first-order valence-electron chi connectivity index (χ1n) is 8.04. The Morgan fingerprint density at radius 3 is 0.857 bits per heavy atom. The quantitative estimate of drug-likeness (QED) is 0.312. The maximum absolute atomic E-state index is 12.5. The molecular formula is C15H35FeO3P2. The first-order chi connectivity index (χ1) is 9.88. The van der Waals surface area contributed by atoms with Crippen molar-refractivity contribution in [3.8, 4) is 0 Å². The predicted octanol–water partition coefficient (Wildman–Crippen LogP) is 3.70. The standard InChI is InChI=1S/2C6H15P.3CHO.Fe/c2*1-4-7(5-2)6-3;3*1-2;/h2*4-6H2,1-3H3;3*1H;/q;;;;;-2/p+2. The molecule has 0 spiro atoms. The second-order valence-electron chi connectivity index (χ2n) is 5.68. The van der Waals surface area contributed by atoms with Gasteiger partial charge in [0, 0.05) is 0 Å². The number of hydrogen-bond acceptors (Lipinski definition) is 3. The minimum atomic E-state index is -3.76. The molecule has 0 aliphatic heterocycles. The third kappa shape index (κ3) is 2.33. The van der Waals surface area contributed by atoms with Crippen molar-refractivity contribution in [1.82, 2.24) is 0 Å². The fourth-order valence-corrected chi connectivity index (χ4v) is 56.0. The summed E-state index contributed by atoms with van der Waals surface area (Å²) in [5.41, 5.74) is 0. The Hall–Kier alpha value is 0.389. The van der Waals surface area contributed by atoms with Crippen LogP contribution < -0.4 is 0 Å². The van der Waals surface area contributed by atoms with Crippen molar-refractivity contribution in [3.05, 3.63) is 0 Å². The Morgan fingerprint density at radius 1 is 0.571 bits per heavy atom. The fourth-order valence-electron chi connectivity index (χ4n) is 4.16. The van der Waals surface area contributed by atoms with Gasteiger partial charge in [-0.25, -0.2) is 0 Å². The van der Waals surface area contributed by atoms with Crippen LogP contribution in [-0.2, 0) is 25.3 Å². The number of carbonyl (C=O) groups excluding carboxylic acids is 3. The minimum absolute atomic E-state index is 0.869. The summed E-state index contributed by atoms with van der Waals surface area (Å²) >= 11 is 0. The van der Waals surface area contributed by atoms with Crippen LogP contribution in [-0.4, -0.2) is 52.5 Å². The van der Waals surface area contributed by atoms with Crippen LogP contribution in [0.5, 0.6) is 0 Å². The van der Waals surface area contributed by atoms with Gasteiger partial charge in [-0.2, -0.15) is 0 Å². The molecule has 0 aliphatic carbocycles. The van der Waals surface area contributed by atoms with Gasteiger partial charge in [0.1, 0.15) is 0 Å². The first-order valence-corrected chi connectivity index (χ1v) is 18.2. The van der Waals surface area contributed by atoms with Crippen molar-refractivity contribution < 1.29 is 25.3 Å². The van der Waals surface area contributed by atoms with Gasteiger partial charge in [0.15, 0.2) is 0 Å². The van der Waals surface area contributed by atoms with Gasteiger partial charge in [-0.1, -0.05) is 0 Å². The Bertz CT molecular complexity index is 325. The van der Waals surface area contributed by atoms with E-state index in [2.05, 4.69) is 41.5 Å².